The zero-order chi connectivity index (χ0) is 42.4. The molecule has 3 aliphatic rings. The summed E-state index contributed by atoms with van der Waals surface area (Å²) in [6.45, 7) is 12.1. The van der Waals surface area contributed by atoms with Crippen LogP contribution in [0.25, 0.3) is 32.7 Å². The molecule has 8 rings (SSSR count). The third-order valence-electron chi connectivity index (χ3n) is 12.4. The number of ether oxygens (including phenoxy) is 1. The first kappa shape index (κ1) is 41.1. The van der Waals surface area contributed by atoms with Crippen molar-refractivity contribution in [3.63, 3.8) is 0 Å². The quantitative estimate of drug-likeness (QED) is 0.0559. The van der Waals surface area contributed by atoms with Crippen LogP contribution in [0.15, 0.2) is 72.1 Å². The van der Waals surface area contributed by atoms with Crippen LogP contribution in [0.4, 0.5) is 0 Å². The minimum absolute atomic E-state index is 0.0493. The Balaban J connectivity index is 0.839. The Morgan fingerprint density at radius 3 is 2.47 bits per heavy atom. The van der Waals surface area contributed by atoms with Gasteiger partial charge in [-0.25, -0.2) is 4.98 Å². The zero-order valence-electron chi connectivity index (χ0n) is 34.5. The van der Waals surface area contributed by atoms with Crippen molar-refractivity contribution in [3.05, 3.63) is 94.6 Å². The van der Waals surface area contributed by atoms with E-state index in [0.29, 0.717) is 35.6 Å². The number of H-pyrrole nitrogens is 1. The number of fused-ring (bicyclic) bond motifs is 2. The number of aromatic hydroxyl groups is 1. The Morgan fingerprint density at radius 1 is 1.05 bits per heavy atom. The van der Waals surface area contributed by atoms with Crippen molar-refractivity contribution in [2.45, 2.75) is 65.1 Å². The van der Waals surface area contributed by atoms with Crippen LogP contribution in [0.3, 0.4) is 0 Å². The fourth-order valence-electron chi connectivity index (χ4n) is 9.29. The highest BCUT2D eigenvalue weighted by atomic mass is 32.1. The second kappa shape index (κ2) is 16.8. The lowest BCUT2D eigenvalue weighted by atomic mass is 9.89. The molecule has 15 heteroatoms. The summed E-state index contributed by atoms with van der Waals surface area (Å²) in [6.07, 6.45) is 0.348. The molecule has 3 fully saturated rings. The number of carbonyl (C=O) groups excluding carboxylic acids is 3. The van der Waals surface area contributed by atoms with Crippen LogP contribution < -0.4 is 11.1 Å². The molecule has 2 amide bonds. The number of amides is 2. The maximum absolute atomic E-state index is 14.0. The number of aryl methyl sites for hydroxylation is 2. The highest BCUT2D eigenvalue weighted by Crippen LogP contribution is 2.60. The predicted molar refractivity (Wildman–Crippen MR) is 228 cm³/mol. The molecule has 5 aromatic rings. The van der Waals surface area contributed by atoms with Crippen molar-refractivity contribution in [1.82, 2.24) is 35.3 Å². The van der Waals surface area contributed by atoms with Crippen LogP contribution in [0.1, 0.15) is 61.7 Å². The molecule has 5 heterocycles. The van der Waals surface area contributed by atoms with Crippen molar-refractivity contribution < 1.29 is 29.3 Å². The van der Waals surface area contributed by atoms with Crippen LogP contribution in [0.2, 0.25) is 0 Å². The Kier molecular flexibility index (Phi) is 11.5. The summed E-state index contributed by atoms with van der Waals surface area (Å²) >= 11 is 1.57. The minimum atomic E-state index is -1.11. The number of hydrogen-bond donors (Lipinski definition) is 5. The number of aromatic amines is 1. The number of nitrogens with zero attached hydrogens (tertiary/aromatic N) is 5. The maximum atomic E-state index is 14.0. The summed E-state index contributed by atoms with van der Waals surface area (Å²) in [7, 11) is 0. The topological polar surface area (TPSA) is 200 Å². The number of hydrogen-bond acceptors (Lipinski definition) is 12. The van der Waals surface area contributed by atoms with Gasteiger partial charge in [-0.1, -0.05) is 50.2 Å². The standard InChI is InChI=1S/C45H52N8O6S/c1-23(2)39(45(58)53-19-29(54)16-35(53)44(57)49-24(3)27-10-12-28(13-11-27)42-26(5)47-22-60-42)37(56)18-38(46)59-15-14-52-20-32-33(21-52)41(32)40-25(4)48-43-31(40)17-34(50-51-43)30-8-6-7-9-36(30)55/h6-13,17-18,22-24,29,32-33,35,39,41,54-55H,14-16,19-21,46H2,1-5H3,(H,48,51)(H,49,57)/b38-18+/t24-,29+,32-,33+,35-,39+,41?/m0/s1. The Labute approximate surface area is 352 Å². The first-order valence-corrected chi connectivity index (χ1v) is 21.5. The minimum Gasteiger partial charge on any atom is -0.507 e. The number of nitrogens with one attached hydrogen (secondary N) is 2. The SMILES string of the molecule is Cc1ncsc1-c1ccc([C@H](C)NC(=O)[C@@H]2C[C@@H](O)CN2C(=O)[C@@H](C(=O)/C=C(\N)OCCN2C[C@@H]3C(c4c(C)[nH]c5nnc(-c6ccccc6O)cc45)[C@@H]3C2)C(C)C)cc1. The van der Waals surface area contributed by atoms with Gasteiger partial charge in [-0.15, -0.1) is 21.5 Å². The number of piperidine rings is 1. The van der Waals surface area contributed by atoms with Crippen molar-refractivity contribution in [1.29, 1.82) is 0 Å². The number of β-amino-alcohol motifs (C(OH)–C–C–N with tert-alkyl or cyclic N) is 1. The Hall–Kier alpha value is -5.64. The largest absolute Gasteiger partial charge is 0.507 e. The van der Waals surface area contributed by atoms with E-state index in [0.717, 1.165) is 51.5 Å². The number of para-hydroxylation sites is 1. The van der Waals surface area contributed by atoms with Gasteiger partial charge in [0.05, 0.1) is 33.9 Å². The molecule has 1 saturated carbocycles. The summed E-state index contributed by atoms with van der Waals surface area (Å²) < 4.78 is 5.80. The van der Waals surface area contributed by atoms with E-state index >= 15 is 0 Å². The molecule has 2 saturated heterocycles. The van der Waals surface area contributed by atoms with Crippen LogP contribution >= 0.6 is 11.3 Å². The molecule has 2 aliphatic heterocycles. The lowest BCUT2D eigenvalue weighted by Gasteiger charge is -2.29. The van der Waals surface area contributed by atoms with Crippen LogP contribution in [-0.4, -0.2) is 103 Å². The lowest BCUT2D eigenvalue weighted by Crippen LogP contribution is -2.50. The fraction of sp³-hybridized carbons (Fsp3) is 0.422. The van der Waals surface area contributed by atoms with E-state index in [1.54, 1.807) is 37.3 Å². The highest BCUT2D eigenvalue weighted by molar-refractivity contribution is 7.13. The van der Waals surface area contributed by atoms with E-state index in [4.69, 9.17) is 10.5 Å². The number of rotatable bonds is 14. The summed E-state index contributed by atoms with van der Waals surface area (Å²) in [6, 6.07) is 15.8. The molecule has 14 nitrogen and oxygen atoms in total. The smallest absolute Gasteiger partial charge is 0.243 e. The monoisotopic (exact) mass is 832 g/mol. The van der Waals surface area contributed by atoms with Crippen molar-refractivity contribution in [3.8, 4) is 27.4 Å². The molecular formula is C45H52N8O6S. The second-order valence-corrected chi connectivity index (χ2v) is 17.7. The molecular weight excluding hydrogens is 781 g/mol. The third kappa shape index (κ3) is 8.13. The summed E-state index contributed by atoms with van der Waals surface area (Å²) in [4.78, 5) is 53.7. The number of phenols is 1. The van der Waals surface area contributed by atoms with Crippen LogP contribution in [0.5, 0.6) is 5.75 Å². The predicted octanol–water partition coefficient (Wildman–Crippen LogP) is 5.21. The molecule has 1 unspecified atom stereocenters. The molecule has 0 bridgehead atoms. The molecule has 7 atom stereocenters. The van der Waals surface area contributed by atoms with Gasteiger partial charge >= 0.3 is 0 Å². The molecule has 1 aliphatic carbocycles. The summed E-state index contributed by atoms with van der Waals surface area (Å²) in [5.41, 5.74) is 15.3. The summed E-state index contributed by atoms with van der Waals surface area (Å²) in [5.74, 6) is -1.46. The second-order valence-electron chi connectivity index (χ2n) is 16.8. The van der Waals surface area contributed by atoms with Gasteiger partial charge in [0.25, 0.3) is 0 Å². The molecule has 3 aromatic heterocycles. The molecule has 60 heavy (non-hydrogen) atoms. The van der Waals surface area contributed by atoms with Crippen molar-refractivity contribution >= 4 is 40.0 Å². The highest BCUT2D eigenvalue weighted by Gasteiger charge is 2.57. The normalized spacial score (nSPS) is 22.6. The number of nitrogens with two attached hydrogens (primary N) is 1. The Bertz CT molecular complexity index is 2430. The van der Waals surface area contributed by atoms with Gasteiger partial charge in [-0.3, -0.25) is 19.3 Å². The molecule has 2 aromatic carbocycles. The average Bonchev–Trinajstić information content (AvgIpc) is 3.72. The number of benzene rings is 2. The van der Waals surface area contributed by atoms with Crippen LogP contribution in [0, 0.1) is 37.5 Å². The van der Waals surface area contributed by atoms with E-state index in [9.17, 15) is 24.6 Å². The van der Waals surface area contributed by atoms with Gasteiger partial charge in [0.15, 0.2) is 17.3 Å². The number of aromatic nitrogens is 4. The van der Waals surface area contributed by atoms with Gasteiger partial charge in [-0.05, 0) is 79.3 Å². The van der Waals surface area contributed by atoms with Crippen molar-refractivity contribution in [2.75, 3.05) is 32.8 Å². The maximum Gasteiger partial charge on any atom is 0.243 e. The van der Waals surface area contributed by atoms with E-state index in [1.165, 1.54) is 16.5 Å². The van der Waals surface area contributed by atoms with Gasteiger partial charge in [0.2, 0.25) is 11.8 Å². The lowest BCUT2D eigenvalue weighted by molar-refractivity contribution is -0.146. The first-order valence-electron chi connectivity index (χ1n) is 20.6. The first-order chi connectivity index (χ1) is 28.8. The van der Waals surface area contributed by atoms with Gasteiger partial charge in [0, 0.05) is 55.3 Å². The Morgan fingerprint density at radius 2 is 1.78 bits per heavy atom. The zero-order valence-corrected chi connectivity index (χ0v) is 35.3. The number of thiazole rings is 1. The molecule has 0 radical (unpaired) electrons. The fourth-order valence-corrected chi connectivity index (χ4v) is 10.1. The number of allylic oxidation sites excluding steroid dienone is 1. The van der Waals surface area contributed by atoms with Crippen LogP contribution in [-0.2, 0) is 19.1 Å². The number of ketones is 1. The van der Waals surface area contributed by atoms with E-state index in [1.807, 2.05) is 61.8 Å². The number of aliphatic hydroxyl groups excluding tert-OH is 1. The summed E-state index contributed by atoms with van der Waals surface area (Å²) in [5, 5.41) is 33.9. The molecule has 6 N–H and O–H groups in total. The average molecular weight is 833 g/mol. The number of aliphatic hydroxyl groups is 1. The number of phenolic OH excluding ortho intramolecular Hbond substituents is 1. The van der Waals surface area contributed by atoms with Gasteiger partial charge < -0.3 is 35.9 Å². The number of likely N-dealkylation sites (tertiary alicyclic amines) is 2. The van der Waals surface area contributed by atoms with E-state index < -0.39 is 41.6 Å². The third-order valence-corrected chi connectivity index (χ3v) is 13.4. The van der Waals surface area contributed by atoms with E-state index in [-0.39, 0.29) is 37.2 Å². The number of carbonyl (C=O) groups is 3. The van der Waals surface area contributed by atoms with E-state index in [2.05, 4.69) is 37.3 Å². The molecule has 0 spiro atoms. The van der Waals surface area contributed by atoms with Crippen molar-refractivity contribution in [2.24, 2.45) is 29.4 Å². The molecule has 314 valence electrons. The van der Waals surface area contributed by atoms with Gasteiger partial charge in [-0.2, -0.15) is 0 Å². The van der Waals surface area contributed by atoms with Gasteiger partial charge in [0.1, 0.15) is 24.3 Å².